The van der Waals surface area contributed by atoms with Gasteiger partial charge in [0, 0.05) is 11.6 Å². The number of nitrogens with zero attached hydrogens (tertiary/aromatic N) is 2. The number of halogens is 2. The minimum absolute atomic E-state index is 0.0431. The lowest BCUT2D eigenvalue weighted by Gasteiger charge is -2.24. The minimum atomic E-state index is -0.863. The normalized spacial score (nSPS) is 16.0. The van der Waals surface area contributed by atoms with E-state index in [1.807, 2.05) is 36.4 Å². The molecule has 1 atom stereocenters. The lowest BCUT2D eigenvalue weighted by molar-refractivity contribution is 0.378. The van der Waals surface area contributed by atoms with Gasteiger partial charge < -0.3 is 10.5 Å². The SMILES string of the molecule is N#CC1=C(N)Oc2n[nH]c(-c3ccccc3)c2[C@@H]1c1ccc(F)cc1F. The molecule has 128 valence electrons. The highest BCUT2D eigenvalue weighted by atomic mass is 19.1. The molecule has 2 heterocycles. The number of rotatable bonds is 2. The van der Waals surface area contributed by atoms with E-state index < -0.39 is 17.6 Å². The molecule has 0 fully saturated rings. The molecule has 0 saturated carbocycles. The Hall–Kier alpha value is -3.66. The summed E-state index contributed by atoms with van der Waals surface area (Å²) in [4.78, 5) is 0. The van der Waals surface area contributed by atoms with E-state index in [0.717, 1.165) is 17.7 Å². The van der Waals surface area contributed by atoms with Crippen LogP contribution in [0.2, 0.25) is 0 Å². The number of hydrogen-bond donors (Lipinski definition) is 2. The molecule has 7 heteroatoms. The van der Waals surface area contributed by atoms with Crippen LogP contribution in [0, 0.1) is 23.0 Å². The molecule has 1 aliphatic rings. The van der Waals surface area contributed by atoms with Crippen molar-refractivity contribution in [2.24, 2.45) is 5.73 Å². The van der Waals surface area contributed by atoms with Gasteiger partial charge in [-0.1, -0.05) is 36.4 Å². The Morgan fingerprint density at radius 1 is 1.15 bits per heavy atom. The van der Waals surface area contributed by atoms with Crippen LogP contribution in [-0.2, 0) is 0 Å². The molecule has 3 N–H and O–H groups in total. The summed E-state index contributed by atoms with van der Waals surface area (Å²) in [6.45, 7) is 0. The van der Waals surface area contributed by atoms with Crippen molar-refractivity contribution < 1.29 is 13.5 Å². The minimum Gasteiger partial charge on any atom is -0.420 e. The lowest BCUT2D eigenvalue weighted by Crippen LogP contribution is -2.21. The van der Waals surface area contributed by atoms with Crippen LogP contribution in [-0.4, -0.2) is 10.2 Å². The fourth-order valence-corrected chi connectivity index (χ4v) is 3.12. The Kier molecular flexibility index (Phi) is 3.66. The molecule has 0 aliphatic carbocycles. The average molecular weight is 350 g/mol. The van der Waals surface area contributed by atoms with E-state index in [9.17, 15) is 14.0 Å². The van der Waals surface area contributed by atoms with Gasteiger partial charge in [-0.3, -0.25) is 5.10 Å². The van der Waals surface area contributed by atoms with Crippen molar-refractivity contribution in [2.75, 3.05) is 0 Å². The maximum absolute atomic E-state index is 14.5. The molecule has 0 saturated heterocycles. The van der Waals surface area contributed by atoms with Crippen LogP contribution in [0.1, 0.15) is 17.0 Å². The molecule has 0 bridgehead atoms. The summed E-state index contributed by atoms with van der Waals surface area (Å²) in [5.41, 5.74) is 7.85. The van der Waals surface area contributed by atoms with Crippen molar-refractivity contribution in [1.29, 1.82) is 5.26 Å². The number of nitrogens with one attached hydrogen (secondary N) is 1. The quantitative estimate of drug-likeness (QED) is 0.739. The van der Waals surface area contributed by atoms with E-state index in [1.54, 1.807) is 0 Å². The summed E-state index contributed by atoms with van der Waals surface area (Å²) < 4.78 is 33.3. The number of aromatic amines is 1. The van der Waals surface area contributed by atoms with Crippen molar-refractivity contribution in [1.82, 2.24) is 10.2 Å². The van der Waals surface area contributed by atoms with Gasteiger partial charge in [-0.15, -0.1) is 5.10 Å². The molecule has 0 spiro atoms. The van der Waals surface area contributed by atoms with Gasteiger partial charge in [-0.05, 0) is 11.6 Å². The molecule has 0 radical (unpaired) electrons. The van der Waals surface area contributed by atoms with E-state index in [4.69, 9.17) is 10.5 Å². The van der Waals surface area contributed by atoms with Crippen molar-refractivity contribution in [3.8, 4) is 23.2 Å². The first kappa shape index (κ1) is 15.8. The molecule has 1 aromatic heterocycles. The fourth-order valence-electron chi connectivity index (χ4n) is 3.12. The third-order valence-corrected chi connectivity index (χ3v) is 4.27. The van der Waals surface area contributed by atoms with E-state index in [-0.39, 0.29) is 22.9 Å². The zero-order valence-corrected chi connectivity index (χ0v) is 13.3. The van der Waals surface area contributed by atoms with Gasteiger partial charge in [-0.2, -0.15) is 5.26 Å². The molecule has 3 aromatic rings. The third kappa shape index (κ3) is 2.40. The van der Waals surface area contributed by atoms with Gasteiger partial charge >= 0.3 is 0 Å². The van der Waals surface area contributed by atoms with Gasteiger partial charge in [0.2, 0.25) is 11.8 Å². The summed E-state index contributed by atoms with van der Waals surface area (Å²) >= 11 is 0. The second-order valence-corrected chi connectivity index (χ2v) is 5.77. The molecular formula is C19H12F2N4O. The van der Waals surface area contributed by atoms with Gasteiger partial charge in [-0.25, -0.2) is 8.78 Å². The van der Waals surface area contributed by atoms with Crippen LogP contribution >= 0.6 is 0 Å². The monoisotopic (exact) mass is 350 g/mol. The van der Waals surface area contributed by atoms with Crippen LogP contribution in [0.15, 0.2) is 60.0 Å². The highest BCUT2D eigenvalue weighted by molar-refractivity contribution is 5.70. The van der Waals surface area contributed by atoms with E-state index in [1.165, 1.54) is 6.07 Å². The second-order valence-electron chi connectivity index (χ2n) is 5.77. The Balaban J connectivity index is 1.99. The van der Waals surface area contributed by atoms with Crippen LogP contribution < -0.4 is 10.5 Å². The summed E-state index contributed by atoms with van der Waals surface area (Å²) in [6, 6.07) is 14.4. The molecular weight excluding hydrogens is 338 g/mol. The molecule has 5 nitrogen and oxygen atoms in total. The van der Waals surface area contributed by atoms with Gasteiger partial charge in [0.15, 0.2) is 0 Å². The number of benzene rings is 2. The zero-order valence-electron chi connectivity index (χ0n) is 13.3. The average Bonchev–Trinajstić information content (AvgIpc) is 3.05. The largest absolute Gasteiger partial charge is 0.420 e. The fraction of sp³-hybridized carbons (Fsp3) is 0.0526. The zero-order chi connectivity index (χ0) is 18.3. The standard InChI is InChI=1S/C19H12F2N4O/c20-11-6-7-12(14(21)8-11)15-13(9-22)18(23)26-19-16(15)17(24-25-19)10-4-2-1-3-5-10/h1-8,15H,23H2,(H,24,25)/t15-/m1/s1. The number of H-pyrrole nitrogens is 1. The predicted octanol–water partition coefficient (Wildman–Crippen LogP) is 3.57. The van der Waals surface area contributed by atoms with Crippen LogP contribution in [0.3, 0.4) is 0 Å². The maximum atomic E-state index is 14.5. The summed E-state index contributed by atoms with van der Waals surface area (Å²) in [5, 5.41) is 16.5. The Bertz CT molecular complexity index is 1070. The Morgan fingerprint density at radius 3 is 2.62 bits per heavy atom. The number of aromatic nitrogens is 2. The van der Waals surface area contributed by atoms with Gasteiger partial charge in [0.25, 0.3) is 0 Å². The number of ether oxygens (including phenoxy) is 1. The molecule has 2 aromatic carbocycles. The number of nitriles is 1. The van der Waals surface area contributed by atoms with Crippen molar-refractivity contribution in [3.63, 3.8) is 0 Å². The molecule has 26 heavy (non-hydrogen) atoms. The van der Waals surface area contributed by atoms with Gasteiger partial charge in [0.1, 0.15) is 23.3 Å². The molecule has 0 amide bonds. The third-order valence-electron chi connectivity index (χ3n) is 4.27. The van der Waals surface area contributed by atoms with Crippen molar-refractivity contribution in [2.45, 2.75) is 5.92 Å². The second kappa shape index (κ2) is 6.01. The number of nitrogens with two attached hydrogens (primary N) is 1. The van der Waals surface area contributed by atoms with E-state index in [2.05, 4.69) is 10.2 Å². The van der Waals surface area contributed by atoms with Crippen molar-refractivity contribution in [3.05, 3.63) is 82.7 Å². The van der Waals surface area contributed by atoms with Crippen LogP contribution in [0.25, 0.3) is 11.3 Å². The first-order valence-corrected chi connectivity index (χ1v) is 7.76. The van der Waals surface area contributed by atoms with Crippen LogP contribution in [0.4, 0.5) is 8.78 Å². The number of fused-ring (bicyclic) bond motifs is 1. The summed E-state index contributed by atoms with van der Waals surface area (Å²) in [5.74, 6) is -2.33. The van der Waals surface area contributed by atoms with Crippen molar-refractivity contribution >= 4 is 0 Å². The Labute approximate surface area is 147 Å². The molecule has 1 aliphatic heterocycles. The highest BCUT2D eigenvalue weighted by Gasteiger charge is 2.36. The first-order chi connectivity index (χ1) is 12.6. The smallest absolute Gasteiger partial charge is 0.244 e. The van der Waals surface area contributed by atoms with E-state index in [0.29, 0.717) is 11.3 Å². The summed E-state index contributed by atoms with van der Waals surface area (Å²) in [7, 11) is 0. The highest BCUT2D eigenvalue weighted by Crippen LogP contribution is 2.46. The number of allylic oxidation sites excluding steroid dienone is 1. The lowest BCUT2D eigenvalue weighted by atomic mass is 9.82. The number of hydrogen-bond acceptors (Lipinski definition) is 4. The molecule has 4 rings (SSSR count). The van der Waals surface area contributed by atoms with E-state index >= 15 is 0 Å². The van der Waals surface area contributed by atoms with Gasteiger partial charge in [0.05, 0.1) is 17.2 Å². The predicted molar refractivity (Wildman–Crippen MR) is 89.7 cm³/mol. The van der Waals surface area contributed by atoms with Crippen LogP contribution in [0.5, 0.6) is 5.88 Å². The maximum Gasteiger partial charge on any atom is 0.244 e. The Morgan fingerprint density at radius 2 is 1.92 bits per heavy atom. The topological polar surface area (TPSA) is 87.7 Å². The molecule has 0 unspecified atom stereocenters. The first-order valence-electron chi connectivity index (χ1n) is 7.76. The summed E-state index contributed by atoms with van der Waals surface area (Å²) in [6.07, 6.45) is 0.